The van der Waals surface area contributed by atoms with Crippen LogP contribution in [0.5, 0.6) is 0 Å². The quantitative estimate of drug-likeness (QED) is 0.350. The van der Waals surface area contributed by atoms with Gasteiger partial charge in [-0.15, -0.1) is 0 Å². The molecule has 2 aliphatic rings. The molecule has 2 heterocycles. The molecule has 8 heteroatoms. The summed E-state index contributed by atoms with van der Waals surface area (Å²) in [6, 6.07) is 15.3. The van der Waals surface area contributed by atoms with Crippen LogP contribution in [0.15, 0.2) is 54.6 Å². The SMILES string of the molecule is O=C1c2cccc3cccc(c23)C(=O)N1CCCC(=O)N1CCc2ccc([N+](=O)[O-])cc21. The number of nitrogens with zero attached hydrogens (tertiary/aromatic N) is 3. The molecule has 0 radical (unpaired) electrons. The third kappa shape index (κ3) is 3.11. The Morgan fingerprint density at radius 2 is 1.69 bits per heavy atom. The van der Waals surface area contributed by atoms with Crippen LogP contribution in [0, 0.1) is 10.1 Å². The Hall–Kier alpha value is -4.07. The van der Waals surface area contributed by atoms with Crippen molar-refractivity contribution in [3.63, 3.8) is 0 Å². The van der Waals surface area contributed by atoms with Crippen molar-refractivity contribution in [1.82, 2.24) is 4.90 Å². The number of benzene rings is 3. The number of nitro benzene ring substituents is 1. The van der Waals surface area contributed by atoms with Crippen molar-refractivity contribution < 1.29 is 19.3 Å². The number of hydrogen-bond acceptors (Lipinski definition) is 5. The predicted molar refractivity (Wildman–Crippen MR) is 118 cm³/mol. The van der Waals surface area contributed by atoms with Gasteiger partial charge in [-0.2, -0.15) is 0 Å². The lowest BCUT2D eigenvalue weighted by Gasteiger charge is -2.27. The molecule has 0 saturated heterocycles. The molecule has 3 aromatic rings. The molecule has 3 amide bonds. The highest BCUT2D eigenvalue weighted by atomic mass is 16.6. The fraction of sp³-hybridized carbons (Fsp3) is 0.208. The Morgan fingerprint density at radius 1 is 1.00 bits per heavy atom. The molecule has 0 saturated carbocycles. The lowest BCUT2D eigenvalue weighted by atomic mass is 9.94. The summed E-state index contributed by atoms with van der Waals surface area (Å²) < 4.78 is 0. The first-order chi connectivity index (χ1) is 15.5. The number of imide groups is 1. The number of rotatable bonds is 5. The number of fused-ring (bicyclic) bond motifs is 1. The summed E-state index contributed by atoms with van der Waals surface area (Å²) >= 11 is 0. The maximum Gasteiger partial charge on any atom is 0.271 e. The second kappa shape index (κ2) is 7.56. The van der Waals surface area contributed by atoms with Gasteiger partial charge < -0.3 is 4.90 Å². The zero-order valence-electron chi connectivity index (χ0n) is 17.1. The zero-order chi connectivity index (χ0) is 22.4. The summed E-state index contributed by atoms with van der Waals surface area (Å²) in [5.41, 5.74) is 2.39. The normalized spacial score (nSPS) is 14.8. The second-order valence-corrected chi connectivity index (χ2v) is 7.94. The van der Waals surface area contributed by atoms with E-state index in [2.05, 4.69) is 0 Å². The summed E-state index contributed by atoms with van der Waals surface area (Å²) in [5, 5.41) is 12.6. The van der Waals surface area contributed by atoms with Crippen LogP contribution in [-0.2, 0) is 11.2 Å². The Balaban J connectivity index is 1.29. The lowest BCUT2D eigenvalue weighted by molar-refractivity contribution is -0.384. The first-order valence-electron chi connectivity index (χ1n) is 10.4. The minimum absolute atomic E-state index is 0.0548. The number of carbonyl (C=O) groups is 3. The highest BCUT2D eigenvalue weighted by Crippen LogP contribution is 2.33. The van der Waals surface area contributed by atoms with E-state index in [0.717, 1.165) is 10.9 Å². The van der Waals surface area contributed by atoms with Crippen molar-refractivity contribution >= 4 is 39.9 Å². The summed E-state index contributed by atoms with van der Waals surface area (Å²) in [4.78, 5) is 52.1. The van der Waals surface area contributed by atoms with Crippen molar-refractivity contribution in [3.8, 4) is 0 Å². The van der Waals surface area contributed by atoms with Gasteiger partial charge in [0.05, 0.1) is 10.6 Å². The molecule has 0 spiro atoms. The van der Waals surface area contributed by atoms with Gasteiger partial charge >= 0.3 is 0 Å². The fourth-order valence-corrected chi connectivity index (χ4v) is 4.55. The minimum Gasteiger partial charge on any atom is -0.312 e. The van der Waals surface area contributed by atoms with Crippen molar-refractivity contribution in [1.29, 1.82) is 0 Å². The van der Waals surface area contributed by atoms with Crippen molar-refractivity contribution in [2.45, 2.75) is 19.3 Å². The first-order valence-corrected chi connectivity index (χ1v) is 10.4. The molecule has 2 aliphatic heterocycles. The van der Waals surface area contributed by atoms with Crippen LogP contribution in [0.2, 0.25) is 0 Å². The molecule has 3 aromatic carbocycles. The van der Waals surface area contributed by atoms with Crippen LogP contribution in [-0.4, -0.2) is 40.6 Å². The molecule has 5 rings (SSSR count). The van der Waals surface area contributed by atoms with Gasteiger partial charge in [-0.1, -0.05) is 30.3 Å². The maximum absolute atomic E-state index is 13.0. The van der Waals surface area contributed by atoms with Gasteiger partial charge in [-0.3, -0.25) is 29.4 Å². The van der Waals surface area contributed by atoms with E-state index in [0.29, 0.717) is 41.6 Å². The van der Waals surface area contributed by atoms with Crippen LogP contribution < -0.4 is 4.90 Å². The van der Waals surface area contributed by atoms with Crippen LogP contribution in [0.4, 0.5) is 11.4 Å². The molecular formula is C24H19N3O5. The number of carbonyl (C=O) groups excluding carboxylic acids is 3. The zero-order valence-corrected chi connectivity index (χ0v) is 17.1. The molecule has 0 unspecified atom stereocenters. The summed E-state index contributed by atoms with van der Waals surface area (Å²) in [6.07, 6.45) is 1.09. The van der Waals surface area contributed by atoms with Gasteiger partial charge in [-0.25, -0.2) is 0 Å². The fourth-order valence-electron chi connectivity index (χ4n) is 4.55. The smallest absolute Gasteiger partial charge is 0.271 e. The Bertz CT molecular complexity index is 1270. The summed E-state index contributed by atoms with van der Waals surface area (Å²) in [6.45, 7) is 0.593. The molecule has 32 heavy (non-hydrogen) atoms. The van der Waals surface area contributed by atoms with Gasteiger partial charge in [0, 0.05) is 48.2 Å². The molecule has 0 aromatic heterocycles. The third-order valence-electron chi connectivity index (χ3n) is 6.10. The van der Waals surface area contributed by atoms with E-state index in [9.17, 15) is 24.5 Å². The standard InChI is InChI=1S/C24H19N3O5/c28-21(25-13-11-15-9-10-17(27(31)32)14-20(15)25)8-3-12-26-23(29)18-6-1-4-16-5-2-7-19(22(16)18)24(26)30/h1-2,4-7,9-10,14H,3,8,11-13H2. The van der Waals surface area contributed by atoms with Crippen molar-refractivity contribution in [3.05, 3.63) is 81.4 Å². The number of non-ortho nitro benzene ring substituents is 1. The average molecular weight is 429 g/mol. The van der Waals surface area contributed by atoms with E-state index in [1.54, 1.807) is 35.2 Å². The summed E-state index contributed by atoms with van der Waals surface area (Å²) in [5.74, 6) is -0.883. The molecule has 0 aliphatic carbocycles. The molecule has 160 valence electrons. The first kappa shape index (κ1) is 19.9. The number of amides is 3. The molecule has 8 nitrogen and oxygen atoms in total. The Morgan fingerprint density at radius 3 is 2.34 bits per heavy atom. The molecule has 0 bridgehead atoms. The highest BCUT2D eigenvalue weighted by Gasteiger charge is 2.33. The van der Waals surface area contributed by atoms with Crippen molar-refractivity contribution in [2.75, 3.05) is 18.0 Å². The van der Waals surface area contributed by atoms with E-state index in [1.165, 1.54) is 17.0 Å². The van der Waals surface area contributed by atoms with Crippen LogP contribution >= 0.6 is 0 Å². The van der Waals surface area contributed by atoms with Gasteiger partial charge in [-0.05, 0) is 35.9 Å². The van der Waals surface area contributed by atoms with Crippen molar-refractivity contribution in [2.24, 2.45) is 0 Å². The highest BCUT2D eigenvalue weighted by molar-refractivity contribution is 6.25. The average Bonchev–Trinajstić information content (AvgIpc) is 3.22. The van der Waals surface area contributed by atoms with E-state index < -0.39 is 4.92 Å². The van der Waals surface area contributed by atoms with Gasteiger partial charge in [0.15, 0.2) is 0 Å². The number of hydrogen-bond donors (Lipinski definition) is 0. The lowest BCUT2D eigenvalue weighted by Crippen LogP contribution is -2.41. The maximum atomic E-state index is 13.0. The van der Waals surface area contributed by atoms with E-state index >= 15 is 0 Å². The van der Waals surface area contributed by atoms with Gasteiger partial charge in [0.25, 0.3) is 17.5 Å². The Labute approximate surface area is 183 Å². The van der Waals surface area contributed by atoms with E-state index in [1.807, 2.05) is 12.1 Å². The third-order valence-corrected chi connectivity index (χ3v) is 6.10. The Kier molecular flexibility index (Phi) is 4.70. The van der Waals surface area contributed by atoms with E-state index in [-0.39, 0.29) is 36.4 Å². The predicted octanol–water partition coefficient (Wildman–Crippen LogP) is 3.71. The van der Waals surface area contributed by atoms with Crippen LogP contribution in [0.1, 0.15) is 39.1 Å². The number of anilines is 1. The van der Waals surface area contributed by atoms with Crippen LogP contribution in [0.3, 0.4) is 0 Å². The van der Waals surface area contributed by atoms with Gasteiger partial charge in [0.2, 0.25) is 5.91 Å². The molecule has 0 fully saturated rings. The second-order valence-electron chi connectivity index (χ2n) is 7.94. The monoisotopic (exact) mass is 429 g/mol. The van der Waals surface area contributed by atoms with Gasteiger partial charge in [0.1, 0.15) is 0 Å². The molecular weight excluding hydrogens is 410 g/mol. The minimum atomic E-state index is -0.479. The number of nitro groups is 1. The summed E-state index contributed by atoms with van der Waals surface area (Å²) in [7, 11) is 0. The molecule has 0 atom stereocenters. The molecule has 0 N–H and O–H groups in total. The van der Waals surface area contributed by atoms with Crippen LogP contribution in [0.25, 0.3) is 10.8 Å². The largest absolute Gasteiger partial charge is 0.312 e. The topological polar surface area (TPSA) is 101 Å². The van der Waals surface area contributed by atoms with E-state index in [4.69, 9.17) is 0 Å².